The van der Waals surface area contributed by atoms with Crippen molar-refractivity contribution in [1.82, 2.24) is 0 Å². The molecule has 0 aliphatic rings. The molecule has 1 aromatic rings. The highest BCUT2D eigenvalue weighted by Crippen LogP contribution is 2.12. The van der Waals surface area contributed by atoms with Gasteiger partial charge in [-0.1, -0.05) is 30.7 Å². The Labute approximate surface area is 77.0 Å². The molecule has 0 amide bonds. The molecule has 0 aliphatic carbocycles. The first-order valence-corrected chi connectivity index (χ1v) is 4.18. The minimum Gasteiger partial charge on any atom is -0.323 e. The Hall–Kier alpha value is -1.02. The summed E-state index contributed by atoms with van der Waals surface area (Å²) in [4.78, 5) is 0. The number of nitrogens with zero attached hydrogens (tertiary/aromatic N) is 1. The maximum Gasteiger partial charge on any atom is 0.0670 e. The molecule has 2 nitrogen and oxygen atoms in total. The van der Waals surface area contributed by atoms with Crippen LogP contribution in [0.2, 0.25) is 5.02 Å². The number of hydrazone groups is 1. The van der Waals surface area contributed by atoms with Gasteiger partial charge in [0.05, 0.1) is 5.71 Å². The molecular weight excluding hydrogens is 172 g/mol. The molecule has 2 N–H and O–H groups in total. The third kappa shape index (κ3) is 1.98. The van der Waals surface area contributed by atoms with Crippen molar-refractivity contribution in [2.45, 2.75) is 13.3 Å². The first kappa shape index (κ1) is 9.07. The van der Waals surface area contributed by atoms with E-state index < -0.39 is 0 Å². The fourth-order valence-electron chi connectivity index (χ4n) is 1.04. The van der Waals surface area contributed by atoms with Crippen molar-refractivity contribution in [3.63, 3.8) is 0 Å². The van der Waals surface area contributed by atoms with Crippen LogP contribution >= 0.6 is 11.6 Å². The molecule has 0 saturated carbocycles. The SMILES string of the molecule is CC/C(=N/N)c1cccc(Cl)c1. The summed E-state index contributed by atoms with van der Waals surface area (Å²) in [5, 5.41) is 4.39. The lowest BCUT2D eigenvalue weighted by molar-refractivity contribution is 1.17. The van der Waals surface area contributed by atoms with E-state index in [4.69, 9.17) is 17.4 Å². The summed E-state index contributed by atoms with van der Waals surface area (Å²) in [6.07, 6.45) is 0.816. The van der Waals surface area contributed by atoms with Crippen molar-refractivity contribution >= 4 is 17.3 Å². The van der Waals surface area contributed by atoms with Gasteiger partial charge in [0, 0.05) is 5.02 Å². The fraction of sp³-hybridized carbons (Fsp3) is 0.222. The summed E-state index contributed by atoms with van der Waals surface area (Å²) in [5.74, 6) is 5.21. The summed E-state index contributed by atoms with van der Waals surface area (Å²) in [6.45, 7) is 2.01. The summed E-state index contributed by atoms with van der Waals surface area (Å²) in [7, 11) is 0. The number of benzene rings is 1. The van der Waals surface area contributed by atoms with Gasteiger partial charge >= 0.3 is 0 Å². The smallest absolute Gasteiger partial charge is 0.0670 e. The third-order valence-corrected chi connectivity index (χ3v) is 1.88. The zero-order valence-corrected chi connectivity index (χ0v) is 7.67. The molecule has 12 heavy (non-hydrogen) atoms. The predicted molar refractivity (Wildman–Crippen MR) is 52.5 cm³/mol. The minimum atomic E-state index is 0.710. The Morgan fingerprint density at radius 2 is 2.33 bits per heavy atom. The van der Waals surface area contributed by atoms with Crippen LogP contribution in [0.5, 0.6) is 0 Å². The molecule has 3 heteroatoms. The van der Waals surface area contributed by atoms with E-state index in [1.54, 1.807) is 0 Å². The summed E-state index contributed by atoms with van der Waals surface area (Å²) >= 11 is 5.81. The van der Waals surface area contributed by atoms with Gasteiger partial charge in [-0.05, 0) is 24.1 Å². The van der Waals surface area contributed by atoms with Gasteiger partial charge < -0.3 is 5.84 Å². The molecule has 0 atom stereocenters. The van der Waals surface area contributed by atoms with E-state index in [2.05, 4.69) is 5.10 Å². The molecular formula is C9H11ClN2. The standard InChI is InChI=1S/C9H11ClN2/c1-2-9(12-11)7-4-3-5-8(10)6-7/h3-6H,2,11H2,1H3/b12-9-. The van der Waals surface area contributed by atoms with Crippen LogP contribution in [0.1, 0.15) is 18.9 Å². The van der Waals surface area contributed by atoms with Crippen LogP contribution in [0.15, 0.2) is 29.4 Å². The summed E-state index contributed by atoms with van der Waals surface area (Å²) in [6, 6.07) is 7.52. The van der Waals surface area contributed by atoms with Crippen LogP contribution in [0.4, 0.5) is 0 Å². The van der Waals surface area contributed by atoms with Crippen LogP contribution in [0, 0.1) is 0 Å². The van der Waals surface area contributed by atoms with Gasteiger partial charge in [0.1, 0.15) is 0 Å². The van der Waals surface area contributed by atoms with E-state index in [1.165, 1.54) is 0 Å². The van der Waals surface area contributed by atoms with Gasteiger partial charge in [0.2, 0.25) is 0 Å². The van der Waals surface area contributed by atoms with Crippen LogP contribution in [0.3, 0.4) is 0 Å². The zero-order valence-electron chi connectivity index (χ0n) is 6.92. The second kappa shape index (κ2) is 4.12. The molecule has 0 aromatic heterocycles. The maximum absolute atomic E-state index is 5.81. The van der Waals surface area contributed by atoms with Gasteiger partial charge in [-0.25, -0.2) is 0 Å². The van der Waals surface area contributed by atoms with Crippen LogP contribution < -0.4 is 5.84 Å². The molecule has 0 unspecified atom stereocenters. The molecule has 0 bridgehead atoms. The van der Waals surface area contributed by atoms with Crippen LogP contribution in [-0.4, -0.2) is 5.71 Å². The average Bonchev–Trinajstić information content (AvgIpc) is 2.07. The predicted octanol–water partition coefficient (Wildman–Crippen LogP) is 2.41. The van der Waals surface area contributed by atoms with Crippen LogP contribution in [0.25, 0.3) is 0 Å². The molecule has 0 spiro atoms. The van der Waals surface area contributed by atoms with E-state index in [9.17, 15) is 0 Å². The maximum atomic E-state index is 5.81. The molecule has 1 rings (SSSR count). The molecule has 0 heterocycles. The lowest BCUT2D eigenvalue weighted by Gasteiger charge is -2.01. The Kier molecular flexibility index (Phi) is 3.11. The lowest BCUT2D eigenvalue weighted by Crippen LogP contribution is -2.01. The Morgan fingerprint density at radius 1 is 1.58 bits per heavy atom. The fourth-order valence-corrected chi connectivity index (χ4v) is 1.23. The van der Waals surface area contributed by atoms with Crippen LogP contribution in [-0.2, 0) is 0 Å². The Morgan fingerprint density at radius 3 is 2.83 bits per heavy atom. The lowest BCUT2D eigenvalue weighted by atomic mass is 10.1. The number of nitrogens with two attached hydrogens (primary N) is 1. The highest BCUT2D eigenvalue weighted by Gasteiger charge is 1.99. The number of halogens is 1. The number of hydrogen-bond acceptors (Lipinski definition) is 2. The average molecular weight is 183 g/mol. The number of hydrogen-bond donors (Lipinski definition) is 1. The van der Waals surface area contributed by atoms with E-state index in [1.807, 2.05) is 31.2 Å². The van der Waals surface area contributed by atoms with Gasteiger partial charge in [-0.2, -0.15) is 5.10 Å². The van der Waals surface area contributed by atoms with Gasteiger partial charge in [0.15, 0.2) is 0 Å². The zero-order chi connectivity index (χ0) is 8.97. The Balaban J connectivity index is 3.02. The molecule has 0 saturated heterocycles. The molecule has 64 valence electrons. The van der Waals surface area contributed by atoms with E-state index >= 15 is 0 Å². The van der Waals surface area contributed by atoms with E-state index in [0.717, 1.165) is 17.7 Å². The highest BCUT2D eigenvalue weighted by molar-refractivity contribution is 6.31. The summed E-state index contributed by atoms with van der Waals surface area (Å²) in [5.41, 5.74) is 1.87. The molecule has 0 fully saturated rings. The Bertz CT molecular complexity index is 294. The first-order valence-electron chi connectivity index (χ1n) is 3.80. The van der Waals surface area contributed by atoms with Crippen molar-refractivity contribution in [3.05, 3.63) is 34.9 Å². The highest BCUT2D eigenvalue weighted by atomic mass is 35.5. The van der Waals surface area contributed by atoms with Crippen molar-refractivity contribution in [2.24, 2.45) is 10.9 Å². The van der Waals surface area contributed by atoms with Crippen molar-refractivity contribution in [1.29, 1.82) is 0 Å². The monoisotopic (exact) mass is 182 g/mol. The second-order valence-electron chi connectivity index (χ2n) is 2.44. The van der Waals surface area contributed by atoms with Gasteiger partial charge in [-0.3, -0.25) is 0 Å². The topological polar surface area (TPSA) is 38.4 Å². The molecule has 0 radical (unpaired) electrons. The minimum absolute atomic E-state index is 0.710. The van der Waals surface area contributed by atoms with Crippen molar-refractivity contribution in [3.8, 4) is 0 Å². The van der Waals surface area contributed by atoms with Crippen molar-refractivity contribution < 1.29 is 0 Å². The first-order chi connectivity index (χ1) is 5.77. The van der Waals surface area contributed by atoms with E-state index in [-0.39, 0.29) is 0 Å². The molecule has 1 aromatic carbocycles. The van der Waals surface area contributed by atoms with Gasteiger partial charge in [-0.15, -0.1) is 0 Å². The second-order valence-corrected chi connectivity index (χ2v) is 2.88. The van der Waals surface area contributed by atoms with Crippen molar-refractivity contribution in [2.75, 3.05) is 0 Å². The normalized spacial score (nSPS) is 11.7. The van der Waals surface area contributed by atoms with Gasteiger partial charge in [0.25, 0.3) is 0 Å². The quantitative estimate of drug-likeness (QED) is 0.426. The molecule has 0 aliphatic heterocycles. The van der Waals surface area contributed by atoms with E-state index in [0.29, 0.717) is 5.02 Å². The third-order valence-electron chi connectivity index (χ3n) is 1.65. The summed E-state index contributed by atoms with van der Waals surface area (Å²) < 4.78 is 0. The largest absolute Gasteiger partial charge is 0.323 e. The number of rotatable bonds is 2.